The van der Waals surface area contributed by atoms with E-state index in [-0.39, 0.29) is 4.47 Å². The van der Waals surface area contributed by atoms with Crippen molar-refractivity contribution in [3.05, 3.63) is 28.7 Å². The minimum absolute atomic E-state index is 0.287. The van der Waals surface area contributed by atoms with Crippen molar-refractivity contribution in [2.45, 2.75) is 12.6 Å². The molecule has 0 aliphatic heterocycles. The molecule has 0 fully saturated rings. The molecule has 0 radical (unpaired) electrons. The van der Waals surface area contributed by atoms with Crippen molar-refractivity contribution in [1.82, 2.24) is 0 Å². The molecule has 0 aliphatic carbocycles. The Morgan fingerprint density at radius 2 is 1.31 bits per heavy atom. The minimum Gasteiger partial charge on any atom is -0.192 e. The first-order valence-electron chi connectivity index (χ1n) is 3.82. The second-order valence-corrected chi connectivity index (χ2v) is 3.58. The van der Waals surface area contributed by atoms with Gasteiger partial charge in [0.1, 0.15) is 0 Å². The van der Waals surface area contributed by atoms with Gasteiger partial charge in [0.2, 0.25) is 0 Å². The third-order valence-electron chi connectivity index (χ3n) is 1.60. The van der Waals surface area contributed by atoms with Crippen molar-refractivity contribution in [3.63, 3.8) is 0 Å². The van der Waals surface area contributed by atoms with E-state index in [4.69, 9.17) is 0 Å². The predicted molar refractivity (Wildman–Crippen MR) is 48.7 cm³/mol. The Bertz CT molecular complexity index is 358. The standard InChI is InChI=1S/C8H4BrF6N/c9-5-3-1-2-4-6(5)16(7(10,11)12)8(13,14)15/h1-4H. The van der Waals surface area contributed by atoms with Crippen molar-refractivity contribution in [3.8, 4) is 0 Å². The Morgan fingerprint density at radius 3 is 1.69 bits per heavy atom. The lowest BCUT2D eigenvalue weighted by Crippen LogP contribution is -2.48. The number of hydrogen-bond acceptors (Lipinski definition) is 1. The molecule has 0 saturated heterocycles. The van der Waals surface area contributed by atoms with Gasteiger partial charge >= 0.3 is 12.6 Å². The maximum atomic E-state index is 12.3. The van der Waals surface area contributed by atoms with Crippen LogP contribution in [0.4, 0.5) is 32.0 Å². The van der Waals surface area contributed by atoms with Crippen LogP contribution in [0, 0.1) is 0 Å². The van der Waals surface area contributed by atoms with Gasteiger partial charge in [0.05, 0.1) is 5.69 Å². The summed E-state index contributed by atoms with van der Waals surface area (Å²) in [5.41, 5.74) is -0.998. The van der Waals surface area contributed by atoms with Crippen LogP contribution >= 0.6 is 15.9 Å². The average molecular weight is 308 g/mol. The topological polar surface area (TPSA) is 3.24 Å². The van der Waals surface area contributed by atoms with Gasteiger partial charge in [-0.2, -0.15) is 4.90 Å². The Labute approximate surface area is 94.8 Å². The van der Waals surface area contributed by atoms with Crippen LogP contribution in [0.5, 0.6) is 0 Å². The van der Waals surface area contributed by atoms with E-state index in [2.05, 4.69) is 15.9 Å². The first kappa shape index (κ1) is 13.1. The van der Waals surface area contributed by atoms with E-state index < -0.39 is 23.2 Å². The van der Waals surface area contributed by atoms with E-state index in [1.54, 1.807) is 0 Å². The summed E-state index contributed by atoms with van der Waals surface area (Å²) in [4.78, 5) is -1.55. The molecule has 0 spiro atoms. The molecule has 0 amide bonds. The van der Waals surface area contributed by atoms with Crippen molar-refractivity contribution in [1.29, 1.82) is 0 Å². The number of rotatable bonds is 1. The molecular formula is C8H4BrF6N. The Kier molecular flexibility index (Phi) is 3.41. The second kappa shape index (κ2) is 4.15. The number of halogens is 7. The molecular weight excluding hydrogens is 304 g/mol. The van der Waals surface area contributed by atoms with Crippen molar-refractivity contribution in [2.75, 3.05) is 4.90 Å². The normalized spacial score (nSPS) is 12.7. The Morgan fingerprint density at radius 1 is 0.875 bits per heavy atom. The summed E-state index contributed by atoms with van der Waals surface area (Å²) in [6.45, 7) is 0. The number of para-hydroxylation sites is 1. The summed E-state index contributed by atoms with van der Waals surface area (Å²) in [5.74, 6) is 0. The van der Waals surface area contributed by atoms with Gasteiger partial charge in [-0.15, -0.1) is 26.3 Å². The van der Waals surface area contributed by atoms with Crippen LogP contribution < -0.4 is 4.90 Å². The zero-order valence-corrected chi connectivity index (χ0v) is 8.99. The Hall–Kier alpha value is -0.920. The maximum Gasteiger partial charge on any atom is 0.491 e. The fraction of sp³-hybridized carbons (Fsp3) is 0.250. The zero-order valence-electron chi connectivity index (χ0n) is 7.40. The van der Waals surface area contributed by atoms with E-state index in [9.17, 15) is 26.3 Å². The fourth-order valence-electron chi connectivity index (χ4n) is 1.05. The van der Waals surface area contributed by atoms with Gasteiger partial charge in [0.15, 0.2) is 0 Å². The first-order valence-corrected chi connectivity index (χ1v) is 4.61. The number of anilines is 1. The molecule has 0 N–H and O–H groups in total. The van der Waals surface area contributed by atoms with Crippen LogP contribution in [0.1, 0.15) is 0 Å². The summed E-state index contributed by atoms with van der Waals surface area (Å²) in [7, 11) is 0. The third kappa shape index (κ3) is 2.81. The summed E-state index contributed by atoms with van der Waals surface area (Å²) in [5, 5.41) is 0. The van der Waals surface area contributed by atoms with Gasteiger partial charge < -0.3 is 0 Å². The lowest BCUT2D eigenvalue weighted by molar-refractivity contribution is -0.227. The van der Waals surface area contributed by atoms with Gasteiger partial charge in [-0.05, 0) is 28.1 Å². The lowest BCUT2D eigenvalue weighted by atomic mass is 10.3. The van der Waals surface area contributed by atoms with Gasteiger partial charge in [-0.25, -0.2) is 0 Å². The largest absolute Gasteiger partial charge is 0.491 e. The smallest absolute Gasteiger partial charge is 0.192 e. The molecule has 0 bridgehead atoms. The highest BCUT2D eigenvalue weighted by atomic mass is 79.9. The number of hydrogen-bond donors (Lipinski definition) is 0. The zero-order chi connectivity index (χ0) is 12.6. The summed E-state index contributed by atoms with van der Waals surface area (Å²) >= 11 is 2.64. The molecule has 0 heterocycles. The summed E-state index contributed by atoms with van der Waals surface area (Å²) < 4.78 is 73.3. The molecule has 1 rings (SSSR count). The quantitative estimate of drug-likeness (QED) is 0.552. The third-order valence-corrected chi connectivity index (χ3v) is 2.27. The minimum atomic E-state index is -5.53. The van der Waals surface area contributed by atoms with Gasteiger partial charge in [-0.3, -0.25) is 0 Å². The number of nitrogens with zero attached hydrogens (tertiary/aromatic N) is 1. The molecule has 90 valence electrons. The average Bonchev–Trinajstić information content (AvgIpc) is 2.03. The van der Waals surface area contributed by atoms with Gasteiger partial charge in [-0.1, -0.05) is 12.1 Å². The van der Waals surface area contributed by atoms with Crippen LogP contribution in [0.3, 0.4) is 0 Å². The lowest BCUT2D eigenvalue weighted by Gasteiger charge is -2.29. The van der Waals surface area contributed by atoms with Crippen LogP contribution in [-0.4, -0.2) is 12.6 Å². The molecule has 0 aliphatic rings. The highest BCUT2D eigenvalue weighted by molar-refractivity contribution is 9.10. The maximum absolute atomic E-state index is 12.3. The van der Waals surface area contributed by atoms with E-state index >= 15 is 0 Å². The predicted octanol–water partition coefficient (Wildman–Crippen LogP) is 4.30. The van der Waals surface area contributed by atoms with Crippen molar-refractivity contribution >= 4 is 21.6 Å². The molecule has 0 aromatic heterocycles. The molecule has 1 nitrogen and oxygen atoms in total. The van der Waals surface area contributed by atoms with Crippen LogP contribution in [0.2, 0.25) is 0 Å². The van der Waals surface area contributed by atoms with Crippen LogP contribution in [-0.2, 0) is 0 Å². The summed E-state index contributed by atoms with van der Waals surface area (Å²) in [6, 6.07) is 4.23. The fourth-order valence-corrected chi connectivity index (χ4v) is 1.51. The highest BCUT2D eigenvalue weighted by Gasteiger charge is 2.54. The van der Waals surface area contributed by atoms with E-state index in [0.29, 0.717) is 0 Å². The van der Waals surface area contributed by atoms with E-state index in [0.717, 1.165) is 18.2 Å². The molecule has 0 saturated carbocycles. The van der Waals surface area contributed by atoms with Crippen molar-refractivity contribution in [2.24, 2.45) is 0 Å². The van der Waals surface area contributed by atoms with Crippen molar-refractivity contribution < 1.29 is 26.3 Å². The Balaban J connectivity index is 3.29. The molecule has 8 heteroatoms. The van der Waals surface area contributed by atoms with Crippen LogP contribution in [0.15, 0.2) is 28.7 Å². The first-order chi connectivity index (χ1) is 7.14. The van der Waals surface area contributed by atoms with Gasteiger partial charge in [0.25, 0.3) is 0 Å². The highest BCUT2D eigenvalue weighted by Crippen LogP contribution is 2.41. The molecule has 1 aromatic rings. The molecule has 0 unspecified atom stereocenters. The number of benzene rings is 1. The number of alkyl halides is 6. The summed E-state index contributed by atoms with van der Waals surface area (Å²) in [6.07, 6.45) is -11.1. The second-order valence-electron chi connectivity index (χ2n) is 2.72. The van der Waals surface area contributed by atoms with E-state index in [1.807, 2.05) is 0 Å². The molecule has 1 aromatic carbocycles. The monoisotopic (exact) mass is 307 g/mol. The SMILES string of the molecule is FC(F)(F)N(c1ccccc1Br)C(F)(F)F. The molecule has 0 atom stereocenters. The van der Waals surface area contributed by atoms with Gasteiger partial charge in [0, 0.05) is 4.47 Å². The molecule has 16 heavy (non-hydrogen) atoms. The van der Waals surface area contributed by atoms with E-state index in [1.165, 1.54) is 6.07 Å². The van der Waals surface area contributed by atoms with Crippen LogP contribution in [0.25, 0.3) is 0 Å².